The third-order valence-electron chi connectivity index (χ3n) is 3.23. The maximum atomic E-state index is 11.8. The predicted molar refractivity (Wildman–Crippen MR) is 61.0 cm³/mol. The van der Waals surface area contributed by atoms with Gasteiger partial charge in [-0.25, -0.2) is 0 Å². The zero-order valence-corrected chi connectivity index (χ0v) is 9.87. The highest BCUT2D eigenvalue weighted by atomic mass is 16.4. The summed E-state index contributed by atoms with van der Waals surface area (Å²) in [5.41, 5.74) is 0. The molecular weight excluding hydrogens is 206 g/mol. The van der Waals surface area contributed by atoms with Gasteiger partial charge in [-0.3, -0.25) is 9.59 Å². The molecule has 0 spiro atoms. The molecule has 1 unspecified atom stereocenters. The van der Waals surface area contributed by atoms with Crippen molar-refractivity contribution in [2.24, 2.45) is 11.8 Å². The fourth-order valence-electron chi connectivity index (χ4n) is 2.03. The quantitative estimate of drug-likeness (QED) is 0.720. The van der Waals surface area contributed by atoms with E-state index in [1.807, 2.05) is 0 Å². The molecule has 4 heteroatoms. The van der Waals surface area contributed by atoms with Crippen molar-refractivity contribution in [1.82, 2.24) is 5.32 Å². The van der Waals surface area contributed by atoms with Crippen LogP contribution in [0, 0.1) is 11.8 Å². The number of carbonyl (C=O) groups is 2. The van der Waals surface area contributed by atoms with Crippen molar-refractivity contribution in [2.75, 3.05) is 6.54 Å². The van der Waals surface area contributed by atoms with E-state index >= 15 is 0 Å². The lowest BCUT2D eigenvalue weighted by atomic mass is 9.99. The second-order valence-electron chi connectivity index (χ2n) is 4.67. The lowest BCUT2D eigenvalue weighted by Crippen LogP contribution is -2.35. The number of nitrogens with one attached hydrogen (secondary N) is 1. The van der Waals surface area contributed by atoms with Gasteiger partial charge in [0, 0.05) is 12.5 Å². The number of rotatable bonds is 4. The van der Waals surface area contributed by atoms with Gasteiger partial charge in [0.15, 0.2) is 0 Å². The summed E-state index contributed by atoms with van der Waals surface area (Å²) in [6.45, 7) is 1.85. The minimum absolute atomic E-state index is 0.0370. The molecule has 1 aliphatic rings. The van der Waals surface area contributed by atoms with Crippen molar-refractivity contribution in [3.05, 3.63) is 0 Å². The molecule has 1 atom stereocenters. The highest BCUT2D eigenvalue weighted by Gasteiger charge is 2.21. The maximum Gasteiger partial charge on any atom is 0.308 e. The smallest absolute Gasteiger partial charge is 0.308 e. The van der Waals surface area contributed by atoms with Crippen LogP contribution in [0.5, 0.6) is 0 Å². The molecule has 2 N–H and O–H groups in total. The van der Waals surface area contributed by atoms with Gasteiger partial charge in [-0.05, 0) is 12.8 Å². The van der Waals surface area contributed by atoms with Gasteiger partial charge in [0.05, 0.1) is 5.92 Å². The fraction of sp³-hybridized carbons (Fsp3) is 0.833. The number of aliphatic carboxylic acids is 1. The largest absolute Gasteiger partial charge is 0.481 e. The van der Waals surface area contributed by atoms with Crippen LogP contribution in [0.1, 0.15) is 45.4 Å². The summed E-state index contributed by atoms with van der Waals surface area (Å²) in [7, 11) is 0. The fourth-order valence-corrected chi connectivity index (χ4v) is 2.03. The molecule has 0 radical (unpaired) electrons. The third kappa shape index (κ3) is 4.21. The summed E-state index contributed by atoms with van der Waals surface area (Å²) in [4.78, 5) is 22.4. The van der Waals surface area contributed by atoms with E-state index in [2.05, 4.69) is 5.32 Å². The van der Waals surface area contributed by atoms with Crippen LogP contribution in [-0.2, 0) is 9.59 Å². The van der Waals surface area contributed by atoms with E-state index in [9.17, 15) is 9.59 Å². The molecule has 4 nitrogen and oxygen atoms in total. The number of amides is 1. The molecule has 1 saturated carbocycles. The SMILES string of the molecule is CC(CNC(=O)C1CCCCCC1)C(=O)O. The Bertz CT molecular complexity index is 245. The van der Waals surface area contributed by atoms with Crippen molar-refractivity contribution < 1.29 is 14.7 Å². The first kappa shape index (κ1) is 13.0. The van der Waals surface area contributed by atoms with Gasteiger partial charge in [0.2, 0.25) is 5.91 Å². The summed E-state index contributed by atoms with van der Waals surface area (Å²) in [6, 6.07) is 0. The van der Waals surface area contributed by atoms with E-state index in [1.165, 1.54) is 12.8 Å². The van der Waals surface area contributed by atoms with Gasteiger partial charge in [-0.1, -0.05) is 32.6 Å². The molecule has 0 bridgehead atoms. The molecule has 0 heterocycles. The van der Waals surface area contributed by atoms with Crippen LogP contribution in [0.25, 0.3) is 0 Å². The van der Waals surface area contributed by atoms with Crippen LogP contribution < -0.4 is 5.32 Å². The Morgan fingerprint density at radius 1 is 1.25 bits per heavy atom. The van der Waals surface area contributed by atoms with E-state index in [1.54, 1.807) is 6.92 Å². The Balaban J connectivity index is 2.30. The highest BCUT2D eigenvalue weighted by molar-refractivity contribution is 5.79. The first-order valence-corrected chi connectivity index (χ1v) is 6.11. The minimum Gasteiger partial charge on any atom is -0.481 e. The van der Waals surface area contributed by atoms with Crippen molar-refractivity contribution in [3.63, 3.8) is 0 Å². The molecule has 0 aromatic heterocycles. The summed E-state index contributed by atoms with van der Waals surface area (Å²) >= 11 is 0. The number of hydrogen-bond acceptors (Lipinski definition) is 2. The monoisotopic (exact) mass is 227 g/mol. The van der Waals surface area contributed by atoms with E-state index in [0.29, 0.717) is 0 Å². The van der Waals surface area contributed by atoms with E-state index in [4.69, 9.17) is 5.11 Å². The van der Waals surface area contributed by atoms with Crippen LogP contribution >= 0.6 is 0 Å². The van der Waals surface area contributed by atoms with Crippen LogP contribution in [-0.4, -0.2) is 23.5 Å². The van der Waals surface area contributed by atoms with Gasteiger partial charge in [0.1, 0.15) is 0 Å². The van der Waals surface area contributed by atoms with Gasteiger partial charge < -0.3 is 10.4 Å². The molecule has 1 amide bonds. The molecule has 92 valence electrons. The van der Waals surface area contributed by atoms with E-state index in [0.717, 1.165) is 25.7 Å². The van der Waals surface area contributed by atoms with Gasteiger partial charge >= 0.3 is 5.97 Å². The topological polar surface area (TPSA) is 66.4 Å². The third-order valence-corrected chi connectivity index (χ3v) is 3.23. The van der Waals surface area contributed by atoms with Crippen molar-refractivity contribution in [1.29, 1.82) is 0 Å². The Morgan fingerprint density at radius 2 is 1.81 bits per heavy atom. The normalized spacial score (nSPS) is 19.8. The Morgan fingerprint density at radius 3 is 2.31 bits per heavy atom. The molecular formula is C12H21NO3. The Hall–Kier alpha value is -1.06. The standard InChI is InChI=1S/C12H21NO3/c1-9(12(15)16)8-13-11(14)10-6-4-2-3-5-7-10/h9-10H,2-8H2,1H3,(H,13,14)(H,15,16). The maximum absolute atomic E-state index is 11.8. The number of carboxylic acids is 1. The molecule has 0 aromatic rings. The second-order valence-corrected chi connectivity index (χ2v) is 4.67. The average Bonchev–Trinajstić information content (AvgIpc) is 2.53. The van der Waals surface area contributed by atoms with E-state index in [-0.39, 0.29) is 18.4 Å². The lowest BCUT2D eigenvalue weighted by molar-refractivity contribution is -0.141. The number of hydrogen-bond donors (Lipinski definition) is 2. The van der Waals surface area contributed by atoms with Crippen LogP contribution in [0.3, 0.4) is 0 Å². The molecule has 0 saturated heterocycles. The lowest BCUT2D eigenvalue weighted by Gasteiger charge is -2.15. The first-order valence-electron chi connectivity index (χ1n) is 6.11. The summed E-state index contributed by atoms with van der Waals surface area (Å²) < 4.78 is 0. The molecule has 16 heavy (non-hydrogen) atoms. The molecule has 1 rings (SSSR count). The highest BCUT2D eigenvalue weighted by Crippen LogP contribution is 2.22. The average molecular weight is 227 g/mol. The zero-order valence-electron chi connectivity index (χ0n) is 9.87. The number of carboxylic acid groups (broad SMARTS) is 1. The van der Waals surface area contributed by atoms with Crippen molar-refractivity contribution >= 4 is 11.9 Å². The molecule has 1 aliphatic carbocycles. The van der Waals surface area contributed by atoms with Gasteiger partial charge in [-0.15, -0.1) is 0 Å². The molecule has 0 aromatic carbocycles. The zero-order chi connectivity index (χ0) is 12.0. The van der Waals surface area contributed by atoms with Crippen LogP contribution in [0.15, 0.2) is 0 Å². The predicted octanol–water partition coefficient (Wildman–Crippen LogP) is 1.79. The molecule has 0 aliphatic heterocycles. The van der Waals surface area contributed by atoms with Crippen molar-refractivity contribution in [2.45, 2.75) is 45.4 Å². The first-order chi connectivity index (χ1) is 7.61. The van der Waals surface area contributed by atoms with Gasteiger partial charge in [0.25, 0.3) is 0 Å². The second kappa shape index (κ2) is 6.51. The number of carbonyl (C=O) groups excluding carboxylic acids is 1. The van der Waals surface area contributed by atoms with Gasteiger partial charge in [-0.2, -0.15) is 0 Å². The summed E-state index contributed by atoms with van der Waals surface area (Å²) in [5, 5.41) is 11.4. The molecule has 1 fully saturated rings. The summed E-state index contributed by atoms with van der Waals surface area (Å²) in [5.74, 6) is -1.23. The Kier molecular flexibility index (Phi) is 5.29. The van der Waals surface area contributed by atoms with Crippen molar-refractivity contribution in [3.8, 4) is 0 Å². The Labute approximate surface area is 96.4 Å². The minimum atomic E-state index is -0.860. The van der Waals surface area contributed by atoms with Crippen LogP contribution in [0.2, 0.25) is 0 Å². The van der Waals surface area contributed by atoms with Crippen LogP contribution in [0.4, 0.5) is 0 Å². The summed E-state index contributed by atoms with van der Waals surface area (Å²) in [6.07, 6.45) is 6.57. The van der Waals surface area contributed by atoms with E-state index < -0.39 is 11.9 Å².